The second-order valence-electron chi connectivity index (χ2n) is 2.36. The Kier molecular flexibility index (Phi) is 3.14. The maximum absolute atomic E-state index is 8.49. The van der Waals surface area contributed by atoms with Crippen LogP contribution in [0.25, 0.3) is 0 Å². The fourth-order valence-electron chi connectivity index (χ4n) is 0.812. The minimum absolute atomic E-state index is 0.436. The molecule has 0 aliphatic rings. The molecule has 0 aromatic heterocycles. The van der Waals surface area contributed by atoms with Crippen LogP contribution in [0, 0.1) is 6.92 Å². The van der Waals surface area contributed by atoms with Crippen LogP contribution in [0.5, 0.6) is 5.75 Å². The lowest BCUT2D eigenvalue weighted by Crippen LogP contribution is -2.20. The van der Waals surface area contributed by atoms with E-state index in [1.54, 1.807) is 18.2 Å². The highest BCUT2D eigenvalue weighted by molar-refractivity contribution is 9.10. The third-order valence-corrected chi connectivity index (χ3v) is 2.26. The summed E-state index contributed by atoms with van der Waals surface area (Å²) in [6, 6.07) is 5.15. The molecule has 0 fully saturated rings. The van der Waals surface area contributed by atoms with Gasteiger partial charge in [0.1, 0.15) is 5.75 Å². The summed E-state index contributed by atoms with van der Waals surface area (Å²) in [5.74, 6) is 0.436. The summed E-state index contributed by atoms with van der Waals surface area (Å²) in [5, 5.41) is 17.0. The third kappa shape index (κ3) is 2.51. The molecular weight excluding hydrogens is 223 g/mol. The highest BCUT2D eigenvalue weighted by Crippen LogP contribution is 2.21. The lowest BCUT2D eigenvalue weighted by Gasteiger charge is -2.05. The minimum Gasteiger partial charge on any atom is -0.512 e. The van der Waals surface area contributed by atoms with Crippen LogP contribution in [0.1, 0.15) is 5.56 Å². The summed E-state index contributed by atoms with van der Waals surface area (Å²) in [7, 11) is -1.76. The second-order valence-corrected chi connectivity index (χ2v) is 3.21. The van der Waals surface area contributed by atoms with Gasteiger partial charge in [0.25, 0.3) is 0 Å². The normalized spacial score (nSPS) is 9.67. The Morgan fingerprint density at radius 2 is 2.08 bits per heavy atom. The first kappa shape index (κ1) is 9.57. The van der Waals surface area contributed by atoms with Crippen LogP contribution in [0.15, 0.2) is 22.7 Å². The van der Waals surface area contributed by atoms with Crippen LogP contribution in [-0.4, -0.2) is 17.4 Å². The Morgan fingerprint density at radius 1 is 1.42 bits per heavy atom. The van der Waals surface area contributed by atoms with Crippen molar-refractivity contribution in [1.29, 1.82) is 0 Å². The second kappa shape index (κ2) is 3.93. The average Bonchev–Trinajstić information content (AvgIpc) is 1.96. The maximum Gasteiger partial charge on any atom is 0.707 e. The largest absolute Gasteiger partial charge is 0.707 e. The molecule has 0 heterocycles. The van der Waals surface area contributed by atoms with Crippen LogP contribution in [0.3, 0.4) is 0 Å². The highest BCUT2D eigenvalue weighted by atomic mass is 79.9. The van der Waals surface area contributed by atoms with E-state index in [1.165, 1.54) is 0 Å². The van der Waals surface area contributed by atoms with Gasteiger partial charge in [-0.3, -0.25) is 0 Å². The molecule has 2 N–H and O–H groups in total. The summed E-state index contributed by atoms with van der Waals surface area (Å²) in [6.07, 6.45) is 0. The predicted molar refractivity (Wildman–Crippen MR) is 49.7 cm³/mol. The van der Waals surface area contributed by atoms with Crippen molar-refractivity contribution >= 4 is 23.3 Å². The van der Waals surface area contributed by atoms with E-state index in [-0.39, 0.29) is 0 Å². The van der Waals surface area contributed by atoms with Crippen LogP contribution < -0.4 is 4.65 Å². The molecule has 12 heavy (non-hydrogen) atoms. The molecule has 0 spiro atoms. The molecular formula is C7H8BBrO3. The molecule has 0 unspecified atom stereocenters. The summed E-state index contributed by atoms with van der Waals surface area (Å²) in [6.45, 7) is 1.89. The van der Waals surface area contributed by atoms with Crippen LogP contribution in [0.2, 0.25) is 0 Å². The van der Waals surface area contributed by atoms with Gasteiger partial charge in [-0.05, 0) is 30.7 Å². The lowest BCUT2D eigenvalue weighted by molar-refractivity contribution is 0.288. The summed E-state index contributed by atoms with van der Waals surface area (Å²) in [5.41, 5.74) is 0.980. The van der Waals surface area contributed by atoms with Crippen molar-refractivity contribution in [2.24, 2.45) is 0 Å². The smallest absolute Gasteiger partial charge is 0.512 e. The van der Waals surface area contributed by atoms with E-state index in [0.717, 1.165) is 10.0 Å². The van der Waals surface area contributed by atoms with Gasteiger partial charge in [-0.15, -0.1) is 0 Å². The minimum atomic E-state index is -1.76. The quantitative estimate of drug-likeness (QED) is 0.749. The number of hydrogen-bond donors (Lipinski definition) is 2. The zero-order valence-corrected chi connectivity index (χ0v) is 8.08. The Hall–Kier alpha value is -0.515. The van der Waals surface area contributed by atoms with E-state index in [0.29, 0.717) is 5.75 Å². The summed E-state index contributed by atoms with van der Waals surface area (Å²) >= 11 is 3.32. The molecule has 0 aliphatic carbocycles. The van der Waals surface area contributed by atoms with Gasteiger partial charge in [0, 0.05) is 4.47 Å². The van der Waals surface area contributed by atoms with Gasteiger partial charge in [0.2, 0.25) is 0 Å². The molecule has 0 aliphatic heterocycles. The van der Waals surface area contributed by atoms with Gasteiger partial charge in [-0.1, -0.05) is 15.9 Å². The number of benzene rings is 1. The van der Waals surface area contributed by atoms with Crippen molar-refractivity contribution in [2.75, 3.05) is 0 Å². The third-order valence-electron chi connectivity index (χ3n) is 1.37. The fourth-order valence-corrected chi connectivity index (χ4v) is 1.06. The number of hydrogen-bond acceptors (Lipinski definition) is 3. The highest BCUT2D eigenvalue weighted by Gasteiger charge is 2.11. The Labute approximate surface area is 79.3 Å². The predicted octanol–water partition coefficient (Wildman–Crippen LogP) is 1.11. The molecule has 3 nitrogen and oxygen atoms in total. The number of rotatable bonds is 2. The molecule has 1 rings (SSSR count). The van der Waals surface area contributed by atoms with Crippen LogP contribution in [0.4, 0.5) is 0 Å². The van der Waals surface area contributed by atoms with Gasteiger partial charge in [0.05, 0.1) is 0 Å². The lowest BCUT2D eigenvalue weighted by atomic mass is 10.2. The van der Waals surface area contributed by atoms with Crippen molar-refractivity contribution in [1.82, 2.24) is 0 Å². The molecule has 0 radical (unpaired) electrons. The van der Waals surface area contributed by atoms with Crippen LogP contribution in [-0.2, 0) is 0 Å². The first-order valence-corrected chi connectivity index (χ1v) is 4.18. The zero-order valence-electron chi connectivity index (χ0n) is 6.49. The van der Waals surface area contributed by atoms with Crippen molar-refractivity contribution in [3.8, 4) is 5.75 Å². The van der Waals surface area contributed by atoms with E-state index >= 15 is 0 Å². The molecule has 64 valence electrons. The summed E-state index contributed by atoms with van der Waals surface area (Å²) < 4.78 is 5.60. The Balaban J connectivity index is 2.82. The van der Waals surface area contributed by atoms with Gasteiger partial charge in [-0.25, -0.2) is 0 Å². The van der Waals surface area contributed by atoms with Gasteiger partial charge < -0.3 is 14.7 Å². The van der Waals surface area contributed by atoms with Gasteiger partial charge in [0.15, 0.2) is 0 Å². The van der Waals surface area contributed by atoms with Crippen molar-refractivity contribution < 1.29 is 14.7 Å². The Morgan fingerprint density at radius 3 is 2.58 bits per heavy atom. The van der Waals surface area contributed by atoms with Crippen molar-refractivity contribution in [3.63, 3.8) is 0 Å². The van der Waals surface area contributed by atoms with E-state index in [1.807, 2.05) is 6.92 Å². The summed E-state index contributed by atoms with van der Waals surface area (Å²) in [4.78, 5) is 0. The van der Waals surface area contributed by atoms with E-state index in [9.17, 15) is 0 Å². The zero-order chi connectivity index (χ0) is 9.14. The van der Waals surface area contributed by atoms with Crippen molar-refractivity contribution in [3.05, 3.63) is 28.2 Å². The molecule has 0 saturated carbocycles. The average molecular weight is 231 g/mol. The first-order valence-electron chi connectivity index (χ1n) is 3.38. The van der Waals surface area contributed by atoms with Gasteiger partial charge >= 0.3 is 7.32 Å². The maximum atomic E-state index is 8.49. The molecule has 0 amide bonds. The fraction of sp³-hybridized carbons (Fsp3) is 0.143. The number of aryl methyl sites for hydroxylation is 1. The molecule has 1 aromatic carbocycles. The molecule has 5 heteroatoms. The molecule has 0 saturated heterocycles. The Bertz CT molecular complexity index is 277. The molecule has 0 bridgehead atoms. The van der Waals surface area contributed by atoms with E-state index < -0.39 is 7.32 Å². The molecule has 1 aromatic rings. The van der Waals surface area contributed by atoms with E-state index in [4.69, 9.17) is 10.0 Å². The van der Waals surface area contributed by atoms with Crippen molar-refractivity contribution in [2.45, 2.75) is 6.92 Å². The monoisotopic (exact) mass is 230 g/mol. The number of halogens is 1. The van der Waals surface area contributed by atoms with E-state index in [2.05, 4.69) is 20.6 Å². The standard InChI is InChI=1S/C7H8BBrO3/c1-5-4-6(12-8(10)11)2-3-7(5)9/h2-4,10-11H,1H3. The van der Waals surface area contributed by atoms with Gasteiger partial charge in [-0.2, -0.15) is 0 Å². The van der Waals surface area contributed by atoms with Crippen LogP contribution >= 0.6 is 15.9 Å². The first-order chi connectivity index (χ1) is 5.59. The topological polar surface area (TPSA) is 49.7 Å². The molecule has 0 atom stereocenters. The SMILES string of the molecule is Cc1cc(OB(O)O)ccc1Br.